The third-order valence-corrected chi connectivity index (χ3v) is 5.56. The van der Waals surface area contributed by atoms with E-state index in [1.54, 1.807) is 26.0 Å². The van der Waals surface area contributed by atoms with Crippen LogP contribution in [0.1, 0.15) is 25.3 Å². The first-order valence-corrected chi connectivity index (χ1v) is 8.61. The lowest BCUT2D eigenvalue weighted by atomic mass is 10.2. The van der Waals surface area contributed by atoms with Crippen molar-refractivity contribution in [2.45, 2.75) is 37.6 Å². The highest BCUT2D eigenvalue weighted by Gasteiger charge is 2.40. The minimum absolute atomic E-state index is 0.127. The molecule has 2 rings (SSSR count). The van der Waals surface area contributed by atoms with Crippen LogP contribution in [0, 0.1) is 6.92 Å². The van der Waals surface area contributed by atoms with Crippen LogP contribution in [0.4, 0.5) is 0 Å². The third-order valence-electron chi connectivity index (χ3n) is 3.28. The van der Waals surface area contributed by atoms with Gasteiger partial charge in [0.15, 0.2) is 0 Å². The van der Waals surface area contributed by atoms with Crippen LogP contribution in [-0.2, 0) is 19.6 Å². The first-order chi connectivity index (χ1) is 9.86. The summed E-state index contributed by atoms with van der Waals surface area (Å²) in [6.07, 6.45) is 1.52. The number of carbonyl (C=O) groups is 1. The Morgan fingerprint density at radius 2 is 2.10 bits per heavy atom. The Balaban J connectivity index is 2.34. The Kier molecular flexibility index (Phi) is 4.91. The van der Waals surface area contributed by atoms with E-state index < -0.39 is 16.0 Å². The van der Waals surface area contributed by atoms with Gasteiger partial charge >= 0.3 is 5.97 Å². The normalized spacial score (nSPS) is 15.2. The molecule has 0 unspecified atom stereocenters. The summed E-state index contributed by atoms with van der Waals surface area (Å²) in [5.74, 6) is -0.535. The number of carbonyl (C=O) groups excluding carboxylic acids is 1. The van der Waals surface area contributed by atoms with Gasteiger partial charge in [-0.15, -0.1) is 0 Å². The molecule has 1 aromatic carbocycles. The number of ether oxygens (including phenoxy) is 1. The highest BCUT2D eigenvalue weighted by molar-refractivity contribution is 7.89. The van der Waals surface area contributed by atoms with Gasteiger partial charge in [-0.3, -0.25) is 4.79 Å². The van der Waals surface area contributed by atoms with Gasteiger partial charge in [0.1, 0.15) is 6.54 Å². The molecule has 1 aliphatic rings. The van der Waals surface area contributed by atoms with E-state index in [0.29, 0.717) is 10.6 Å². The lowest BCUT2D eigenvalue weighted by Crippen LogP contribution is -2.38. The summed E-state index contributed by atoms with van der Waals surface area (Å²) in [6, 6.07) is 4.60. The number of sulfonamides is 1. The largest absolute Gasteiger partial charge is 0.465 e. The molecule has 1 fully saturated rings. The van der Waals surface area contributed by atoms with Gasteiger partial charge in [0.2, 0.25) is 10.0 Å². The molecule has 0 amide bonds. The van der Waals surface area contributed by atoms with E-state index in [1.807, 2.05) is 0 Å². The highest BCUT2D eigenvalue weighted by atomic mass is 35.5. The van der Waals surface area contributed by atoms with Crippen LogP contribution in [-0.4, -0.2) is 37.9 Å². The minimum atomic E-state index is -3.76. The maximum Gasteiger partial charge on any atom is 0.321 e. The van der Waals surface area contributed by atoms with Crippen LogP contribution in [0.25, 0.3) is 0 Å². The average Bonchev–Trinajstić information content (AvgIpc) is 3.23. The predicted octanol–water partition coefficient (Wildman–Crippen LogP) is 2.36. The number of nitrogens with zero attached hydrogens (tertiary/aromatic N) is 1. The summed E-state index contributed by atoms with van der Waals surface area (Å²) in [6.45, 7) is 3.37. The molecular formula is C14H18ClNO4S. The molecule has 0 aromatic heterocycles. The van der Waals surface area contributed by atoms with Crippen molar-refractivity contribution in [3.05, 3.63) is 28.8 Å². The smallest absolute Gasteiger partial charge is 0.321 e. The first-order valence-electron chi connectivity index (χ1n) is 6.80. The molecule has 0 saturated heterocycles. The zero-order valence-electron chi connectivity index (χ0n) is 12.0. The summed E-state index contributed by atoms with van der Waals surface area (Å²) in [5, 5.41) is 0.353. The van der Waals surface area contributed by atoms with Gasteiger partial charge in [0, 0.05) is 11.1 Å². The molecule has 1 saturated carbocycles. The number of hydrogen-bond acceptors (Lipinski definition) is 4. The Hall–Kier alpha value is -1.11. The van der Waals surface area contributed by atoms with Crippen LogP contribution in [0.2, 0.25) is 5.02 Å². The molecule has 116 valence electrons. The number of esters is 1. The Morgan fingerprint density at radius 1 is 1.43 bits per heavy atom. The van der Waals surface area contributed by atoms with Crippen LogP contribution < -0.4 is 0 Å². The van der Waals surface area contributed by atoms with Crippen molar-refractivity contribution in [2.24, 2.45) is 0 Å². The Morgan fingerprint density at radius 3 is 2.67 bits per heavy atom. The molecule has 7 heteroatoms. The zero-order chi connectivity index (χ0) is 15.6. The van der Waals surface area contributed by atoms with Crippen molar-refractivity contribution in [3.8, 4) is 0 Å². The third kappa shape index (κ3) is 3.75. The van der Waals surface area contributed by atoms with Crippen LogP contribution in [0.15, 0.2) is 23.1 Å². The molecule has 1 aromatic rings. The van der Waals surface area contributed by atoms with Crippen molar-refractivity contribution in [1.29, 1.82) is 0 Å². The lowest BCUT2D eigenvalue weighted by Gasteiger charge is -2.22. The predicted molar refractivity (Wildman–Crippen MR) is 79.7 cm³/mol. The summed E-state index contributed by atoms with van der Waals surface area (Å²) in [7, 11) is -3.76. The van der Waals surface area contributed by atoms with Crippen LogP contribution >= 0.6 is 11.6 Å². The van der Waals surface area contributed by atoms with Crippen molar-refractivity contribution in [1.82, 2.24) is 4.31 Å². The van der Waals surface area contributed by atoms with Crippen LogP contribution in [0.5, 0.6) is 0 Å². The summed E-state index contributed by atoms with van der Waals surface area (Å²) >= 11 is 5.90. The molecule has 0 heterocycles. The fourth-order valence-corrected chi connectivity index (χ4v) is 4.20. The molecular weight excluding hydrogens is 314 g/mol. The van der Waals surface area contributed by atoms with Gasteiger partial charge in [-0.2, -0.15) is 4.31 Å². The van der Waals surface area contributed by atoms with Crippen molar-refractivity contribution in [2.75, 3.05) is 13.2 Å². The van der Waals surface area contributed by atoms with E-state index in [-0.39, 0.29) is 24.1 Å². The van der Waals surface area contributed by atoms with Gasteiger partial charge in [-0.05, 0) is 44.4 Å². The second kappa shape index (κ2) is 6.34. The summed E-state index contributed by atoms with van der Waals surface area (Å²) < 4.78 is 31.7. The summed E-state index contributed by atoms with van der Waals surface area (Å²) in [5.41, 5.74) is 0.605. The minimum Gasteiger partial charge on any atom is -0.465 e. The topological polar surface area (TPSA) is 63.7 Å². The SMILES string of the molecule is CCOC(=O)CN(C1CC1)S(=O)(=O)c1cc(Cl)ccc1C. The molecule has 0 spiro atoms. The molecule has 5 nitrogen and oxygen atoms in total. The van der Waals surface area contributed by atoms with E-state index in [9.17, 15) is 13.2 Å². The second-order valence-corrected chi connectivity index (χ2v) is 7.29. The van der Waals surface area contributed by atoms with E-state index in [0.717, 1.165) is 12.8 Å². The molecule has 0 bridgehead atoms. The average molecular weight is 332 g/mol. The Labute approximate surface area is 129 Å². The van der Waals surface area contributed by atoms with Crippen LogP contribution in [0.3, 0.4) is 0 Å². The van der Waals surface area contributed by atoms with Gasteiger partial charge in [0.05, 0.1) is 11.5 Å². The highest BCUT2D eigenvalue weighted by Crippen LogP contribution is 2.33. The van der Waals surface area contributed by atoms with E-state index in [2.05, 4.69) is 0 Å². The maximum atomic E-state index is 12.8. The molecule has 0 aliphatic heterocycles. The fourth-order valence-electron chi connectivity index (χ4n) is 2.08. The van der Waals surface area contributed by atoms with Gasteiger partial charge in [-0.1, -0.05) is 17.7 Å². The van der Waals surface area contributed by atoms with E-state index >= 15 is 0 Å². The molecule has 1 aliphatic carbocycles. The van der Waals surface area contributed by atoms with Gasteiger partial charge in [0.25, 0.3) is 0 Å². The van der Waals surface area contributed by atoms with Gasteiger partial charge in [-0.25, -0.2) is 8.42 Å². The van der Waals surface area contributed by atoms with E-state index in [4.69, 9.17) is 16.3 Å². The number of rotatable bonds is 6. The maximum absolute atomic E-state index is 12.8. The molecule has 0 N–H and O–H groups in total. The number of halogens is 1. The molecule has 0 atom stereocenters. The first kappa shape index (κ1) is 16.3. The van der Waals surface area contributed by atoms with Gasteiger partial charge < -0.3 is 4.74 Å². The second-order valence-electron chi connectivity index (χ2n) is 5.00. The standard InChI is InChI=1S/C14H18ClNO4S/c1-3-20-14(17)9-16(12-6-7-12)21(18,19)13-8-11(15)5-4-10(13)2/h4-5,8,12H,3,6-7,9H2,1-2H3. The number of benzene rings is 1. The van der Waals surface area contributed by atoms with Crippen molar-refractivity contribution >= 4 is 27.6 Å². The molecule has 0 radical (unpaired) electrons. The summed E-state index contributed by atoms with van der Waals surface area (Å²) in [4.78, 5) is 11.8. The van der Waals surface area contributed by atoms with E-state index in [1.165, 1.54) is 10.4 Å². The van der Waals surface area contributed by atoms with Crippen molar-refractivity contribution in [3.63, 3.8) is 0 Å². The van der Waals surface area contributed by atoms with Crippen molar-refractivity contribution < 1.29 is 17.9 Å². The monoisotopic (exact) mass is 331 g/mol. The quantitative estimate of drug-likeness (QED) is 0.751. The fraction of sp³-hybridized carbons (Fsp3) is 0.500. The number of hydrogen-bond donors (Lipinski definition) is 0. The molecule has 21 heavy (non-hydrogen) atoms. The lowest BCUT2D eigenvalue weighted by molar-refractivity contribution is -0.143. The Bertz CT molecular complexity index is 640. The number of aryl methyl sites for hydroxylation is 1. The zero-order valence-corrected chi connectivity index (χ0v) is 13.6.